The summed E-state index contributed by atoms with van der Waals surface area (Å²) in [4.78, 5) is 9.14. The molecule has 8 heteroatoms. The molecule has 0 aliphatic carbocycles. The number of benzene rings is 2. The van der Waals surface area contributed by atoms with Crippen LogP contribution in [-0.2, 0) is 4.74 Å². The maximum Gasteiger partial charge on any atom is 0.223 e. The summed E-state index contributed by atoms with van der Waals surface area (Å²) in [5.74, 6) is 2.84. The van der Waals surface area contributed by atoms with E-state index in [1.165, 1.54) is 5.56 Å². The predicted molar refractivity (Wildman–Crippen MR) is 138 cm³/mol. The molecule has 8 nitrogen and oxygen atoms in total. The second-order valence-corrected chi connectivity index (χ2v) is 8.87. The van der Waals surface area contributed by atoms with Crippen LogP contribution in [0.2, 0.25) is 0 Å². The van der Waals surface area contributed by atoms with Crippen LogP contribution in [0, 0.1) is 6.92 Å². The van der Waals surface area contributed by atoms with E-state index in [-0.39, 0.29) is 0 Å². The molecule has 2 aromatic carbocycles. The Morgan fingerprint density at radius 2 is 1.81 bits per heavy atom. The van der Waals surface area contributed by atoms with E-state index >= 15 is 0 Å². The molecule has 1 aliphatic rings. The Kier molecular flexibility index (Phi) is 6.01. The van der Waals surface area contributed by atoms with Crippen molar-refractivity contribution in [2.45, 2.75) is 25.8 Å². The molecular formula is C28H26N6O2. The Hall–Kier alpha value is -4.30. The Labute approximate surface area is 209 Å². The third-order valence-corrected chi connectivity index (χ3v) is 6.29. The zero-order valence-electron chi connectivity index (χ0n) is 20.0. The van der Waals surface area contributed by atoms with Gasteiger partial charge in [0.15, 0.2) is 11.5 Å². The molecular weight excluding hydrogens is 452 g/mol. The number of aryl methyl sites for hydroxylation is 1. The summed E-state index contributed by atoms with van der Waals surface area (Å²) >= 11 is 0. The van der Waals surface area contributed by atoms with Crippen molar-refractivity contribution in [1.82, 2.24) is 24.6 Å². The number of ether oxygens (including phenoxy) is 2. The van der Waals surface area contributed by atoms with Crippen LogP contribution in [0.25, 0.3) is 28.3 Å². The van der Waals surface area contributed by atoms with Crippen LogP contribution >= 0.6 is 0 Å². The van der Waals surface area contributed by atoms with E-state index in [4.69, 9.17) is 14.5 Å². The molecule has 1 aliphatic heterocycles. The molecule has 180 valence electrons. The summed E-state index contributed by atoms with van der Waals surface area (Å²) in [6, 6.07) is 22.1. The van der Waals surface area contributed by atoms with Gasteiger partial charge in [-0.15, -0.1) is 10.2 Å². The van der Waals surface area contributed by atoms with Gasteiger partial charge in [-0.3, -0.25) is 4.40 Å². The zero-order valence-corrected chi connectivity index (χ0v) is 20.0. The number of para-hydroxylation sites is 1. The maximum absolute atomic E-state index is 6.19. The summed E-state index contributed by atoms with van der Waals surface area (Å²) in [6.07, 6.45) is 5.66. The molecule has 5 aromatic rings. The second-order valence-electron chi connectivity index (χ2n) is 8.87. The highest BCUT2D eigenvalue weighted by molar-refractivity contribution is 5.70. The van der Waals surface area contributed by atoms with Gasteiger partial charge in [-0.25, -0.2) is 9.97 Å². The minimum Gasteiger partial charge on any atom is -0.457 e. The number of fused-ring (bicyclic) bond motifs is 1. The largest absolute Gasteiger partial charge is 0.457 e. The predicted octanol–water partition coefficient (Wildman–Crippen LogP) is 5.54. The lowest BCUT2D eigenvalue weighted by molar-refractivity contribution is 0.0903. The number of hydrogen-bond donors (Lipinski definition) is 1. The van der Waals surface area contributed by atoms with Gasteiger partial charge in [-0.2, -0.15) is 0 Å². The molecule has 36 heavy (non-hydrogen) atoms. The number of nitrogens with one attached hydrogen (secondary N) is 1. The highest BCUT2D eigenvalue weighted by atomic mass is 16.5. The normalized spacial score (nSPS) is 14.1. The number of hydrogen-bond acceptors (Lipinski definition) is 7. The highest BCUT2D eigenvalue weighted by Gasteiger charge is 2.16. The average molecular weight is 479 g/mol. The van der Waals surface area contributed by atoms with Gasteiger partial charge in [0.1, 0.15) is 11.5 Å². The molecule has 0 radical (unpaired) electrons. The average Bonchev–Trinajstić information content (AvgIpc) is 3.34. The lowest BCUT2D eigenvalue weighted by Gasteiger charge is -2.23. The van der Waals surface area contributed by atoms with Crippen LogP contribution < -0.4 is 10.1 Å². The maximum atomic E-state index is 6.19. The van der Waals surface area contributed by atoms with Gasteiger partial charge in [0.25, 0.3) is 0 Å². The SMILES string of the molecule is Cc1ccc(Oc2ccccc2-c2nnc3cc(-c4ccnc(NC5CCOCC5)n4)ccn23)cc1. The topological polar surface area (TPSA) is 86.5 Å². The Morgan fingerprint density at radius 1 is 0.972 bits per heavy atom. The van der Waals surface area contributed by atoms with Crippen LogP contribution in [0.5, 0.6) is 11.5 Å². The van der Waals surface area contributed by atoms with Crippen molar-refractivity contribution in [3.8, 4) is 34.1 Å². The summed E-state index contributed by atoms with van der Waals surface area (Å²) < 4.78 is 13.6. The molecule has 4 heterocycles. The highest BCUT2D eigenvalue weighted by Crippen LogP contribution is 2.33. The van der Waals surface area contributed by atoms with Crippen molar-refractivity contribution in [1.29, 1.82) is 0 Å². The van der Waals surface area contributed by atoms with Gasteiger partial charge in [-0.05, 0) is 62.2 Å². The molecule has 1 saturated heterocycles. The smallest absolute Gasteiger partial charge is 0.223 e. The minimum atomic E-state index is 0.331. The fourth-order valence-corrected chi connectivity index (χ4v) is 4.32. The van der Waals surface area contributed by atoms with Crippen LogP contribution in [0.4, 0.5) is 5.95 Å². The fourth-order valence-electron chi connectivity index (χ4n) is 4.32. The third kappa shape index (κ3) is 4.63. The van der Waals surface area contributed by atoms with Gasteiger partial charge in [-0.1, -0.05) is 29.8 Å². The van der Waals surface area contributed by atoms with Gasteiger partial charge in [0.05, 0.1) is 11.3 Å². The summed E-state index contributed by atoms with van der Waals surface area (Å²) in [6.45, 7) is 3.59. The van der Waals surface area contributed by atoms with Crippen molar-refractivity contribution in [3.63, 3.8) is 0 Å². The van der Waals surface area contributed by atoms with E-state index in [9.17, 15) is 0 Å². The monoisotopic (exact) mass is 478 g/mol. The molecule has 0 atom stereocenters. The van der Waals surface area contributed by atoms with E-state index < -0.39 is 0 Å². The Morgan fingerprint density at radius 3 is 2.67 bits per heavy atom. The molecule has 0 bridgehead atoms. The lowest BCUT2D eigenvalue weighted by atomic mass is 10.1. The van der Waals surface area contributed by atoms with E-state index in [0.717, 1.165) is 60.0 Å². The van der Waals surface area contributed by atoms with Crippen LogP contribution in [0.15, 0.2) is 79.1 Å². The number of anilines is 1. The molecule has 0 spiro atoms. The molecule has 6 rings (SSSR count). The van der Waals surface area contributed by atoms with Gasteiger partial charge >= 0.3 is 0 Å². The van der Waals surface area contributed by atoms with Gasteiger partial charge in [0, 0.05) is 37.2 Å². The number of nitrogens with zero attached hydrogens (tertiary/aromatic N) is 5. The fraction of sp³-hybridized carbons (Fsp3) is 0.214. The van der Waals surface area contributed by atoms with Crippen molar-refractivity contribution >= 4 is 11.6 Å². The summed E-state index contributed by atoms with van der Waals surface area (Å²) in [7, 11) is 0. The second kappa shape index (κ2) is 9.75. The summed E-state index contributed by atoms with van der Waals surface area (Å²) in [5.41, 5.74) is 4.55. The van der Waals surface area contributed by atoms with E-state index in [2.05, 4.69) is 27.4 Å². The van der Waals surface area contributed by atoms with E-state index in [1.807, 2.05) is 77.3 Å². The molecule has 0 saturated carbocycles. The zero-order chi connectivity index (χ0) is 24.3. The van der Waals surface area contributed by atoms with Crippen molar-refractivity contribution < 1.29 is 9.47 Å². The van der Waals surface area contributed by atoms with Crippen LogP contribution in [-0.4, -0.2) is 43.8 Å². The Bertz CT molecular complexity index is 1490. The molecule has 1 N–H and O–H groups in total. The third-order valence-electron chi connectivity index (χ3n) is 6.29. The first-order valence-electron chi connectivity index (χ1n) is 12.1. The number of rotatable bonds is 6. The molecule has 0 unspecified atom stereocenters. The molecule has 3 aromatic heterocycles. The van der Waals surface area contributed by atoms with Crippen molar-refractivity contribution in [2.75, 3.05) is 18.5 Å². The van der Waals surface area contributed by atoms with Crippen LogP contribution in [0.1, 0.15) is 18.4 Å². The van der Waals surface area contributed by atoms with Gasteiger partial charge in [0.2, 0.25) is 5.95 Å². The number of pyridine rings is 1. The van der Waals surface area contributed by atoms with E-state index in [1.54, 1.807) is 6.20 Å². The minimum absolute atomic E-state index is 0.331. The summed E-state index contributed by atoms with van der Waals surface area (Å²) in [5, 5.41) is 12.4. The molecule has 0 amide bonds. The first-order valence-corrected chi connectivity index (χ1v) is 12.1. The molecule has 1 fully saturated rings. The van der Waals surface area contributed by atoms with E-state index in [0.29, 0.717) is 17.8 Å². The lowest BCUT2D eigenvalue weighted by Crippen LogP contribution is -2.28. The van der Waals surface area contributed by atoms with Crippen molar-refractivity contribution in [2.24, 2.45) is 0 Å². The first-order chi connectivity index (χ1) is 17.7. The number of aromatic nitrogens is 5. The van der Waals surface area contributed by atoms with Gasteiger partial charge < -0.3 is 14.8 Å². The quantitative estimate of drug-likeness (QED) is 0.343. The first kappa shape index (κ1) is 22.2. The van der Waals surface area contributed by atoms with Crippen molar-refractivity contribution in [3.05, 3.63) is 84.7 Å². The standard InChI is InChI=1S/C28H26N6O2/c1-19-6-8-22(9-7-19)36-25-5-3-2-4-23(25)27-33-32-26-18-20(11-15-34(26)27)24-10-14-29-28(31-24)30-21-12-16-35-17-13-21/h2-11,14-15,18,21H,12-13,16-17H2,1H3,(H,29,30,31). The van der Waals surface area contributed by atoms with Crippen LogP contribution in [0.3, 0.4) is 0 Å². The Balaban J connectivity index is 1.29.